The molecule has 2 aliphatic heterocycles. The van der Waals surface area contributed by atoms with Crippen molar-refractivity contribution in [1.29, 1.82) is 0 Å². The van der Waals surface area contributed by atoms with Gasteiger partial charge >= 0.3 is 6.16 Å². The molecule has 7 nitrogen and oxygen atoms in total. The fourth-order valence-corrected chi connectivity index (χ4v) is 3.98. The van der Waals surface area contributed by atoms with Gasteiger partial charge in [-0.05, 0) is 50.1 Å². The summed E-state index contributed by atoms with van der Waals surface area (Å²) >= 11 is 0. The lowest BCUT2D eigenvalue weighted by molar-refractivity contribution is 0.0199. The summed E-state index contributed by atoms with van der Waals surface area (Å²) in [6.07, 6.45) is 1.12. The highest BCUT2D eigenvalue weighted by Crippen LogP contribution is 2.40. The van der Waals surface area contributed by atoms with Gasteiger partial charge < -0.3 is 29.1 Å². The Bertz CT molecular complexity index is 788. The first-order valence-electron chi connectivity index (χ1n) is 10.0. The van der Waals surface area contributed by atoms with Crippen molar-refractivity contribution in [2.24, 2.45) is 0 Å². The third-order valence-corrected chi connectivity index (χ3v) is 5.40. The van der Waals surface area contributed by atoms with Crippen LogP contribution in [0.25, 0.3) is 0 Å². The van der Waals surface area contributed by atoms with Gasteiger partial charge in [-0.1, -0.05) is 24.3 Å². The summed E-state index contributed by atoms with van der Waals surface area (Å²) in [6, 6.07) is 16.1. The van der Waals surface area contributed by atoms with Crippen LogP contribution in [0.5, 0.6) is 11.5 Å². The second kappa shape index (κ2) is 9.05. The third-order valence-electron chi connectivity index (χ3n) is 5.40. The fourth-order valence-electron chi connectivity index (χ4n) is 3.98. The van der Waals surface area contributed by atoms with Gasteiger partial charge in [0.1, 0.15) is 17.6 Å². The predicted octanol–water partition coefficient (Wildman–Crippen LogP) is 4.10. The lowest BCUT2D eigenvalue weighted by Crippen LogP contribution is -2.39. The molecule has 2 aliphatic rings. The Morgan fingerprint density at radius 1 is 0.966 bits per heavy atom. The minimum atomic E-state index is -1.18. The van der Waals surface area contributed by atoms with E-state index in [-0.39, 0.29) is 12.9 Å². The maximum atomic E-state index is 10.7. The molecule has 2 aromatic carbocycles. The van der Waals surface area contributed by atoms with Crippen molar-refractivity contribution in [2.45, 2.75) is 25.4 Å². The number of piperidine rings is 1. The van der Waals surface area contributed by atoms with Gasteiger partial charge in [0.25, 0.3) is 0 Å². The van der Waals surface area contributed by atoms with Crippen molar-refractivity contribution in [2.75, 3.05) is 37.9 Å². The summed E-state index contributed by atoms with van der Waals surface area (Å²) in [5.41, 5.74) is 2.08. The number of fused-ring (bicyclic) bond motifs is 2. The Morgan fingerprint density at radius 2 is 1.55 bits per heavy atom. The van der Waals surface area contributed by atoms with E-state index in [0.29, 0.717) is 0 Å². The summed E-state index contributed by atoms with van der Waals surface area (Å²) in [5, 5.41) is 8.76. The normalized spacial score (nSPS) is 17.2. The van der Waals surface area contributed by atoms with E-state index in [1.807, 2.05) is 36.4 Å². The van der Waals surface area contributed by atoms with Crippen molar-refractivity contribution in [3.05, 3.63) is 48.5 Å². The van der Waals surface area contributed by atoms with Crippen LogP contribution in [0.3, 0.4) is 0 Å². The monoisotopic (exact) mass is 398 g/mol. The van der Waals surface area contributed by atoms with Crippen LogP contribution in [0.4, 0.5) is 16.2 Å². The van der Waals surface area contributed by atoms with Crippen molar-refractivity contribution in [3.63, 3.8) is 0 Å². The average molecular weight is 398 g/mol. The van der Waals surface area contributed by atoms with E-state index >= 15 is 0 Å². The Morgan fingerprint density at radius 3 is 2.14 bits per heavy atom. The van der Waals surface area contributed by atoms with Gasteiger partial charge in [0, 0.05) is 19.6 Å². The molecule has 0 radical (unpaired) electrons. The van der Waals surface area contributed by atoms with E-state index in [2.05, 4.69) is 21.9 Å². The molecule has 7 heteroatoms. The number of ether oxygens (including phenoxy) is 3. The van der Waals surface area contributed by atoms with Gasteiger partial charge in [0.15, 0.2) is 0 Å². The van der Waals surface area contributed by atoms with Crippen LogP contribution in [0, 0.1) is 0 Å². The molecule has 0 spiro atoms. The van der Waals surface area contributed by atoms with Crippen LogP contribution in [-0.2, 0) is 4.74 Å². The van der Waals surface area contributed by atoms with E-state index in [0.717, 1.165) is 68.3 Å². The van der Waals surface area contributed by atoms with Crippen LogP contribution in [0.2, 0.25) is 0 Å². The smallest absolute Gasteiger partial charge is 0.455 e. The zero-order valence-corrected chi connectivity index (χ0v) is 16.3. The number of benzene rings is 2. The number of carboxylic acid groups (broad SMARTS) is 1. The highest BCUT2D eigenvalue weighted by atomic mass is 16.7. The molecule has 1 fully saturated rings. The zero-order valence-electron chi connectivity index (χ0n) is 16.3. The number of nitrogens with zero attached hydrogens (tertiary/aromatic N) is 2. The minimum absolute atomic E-state index is 0.175. The Kier molecular flexibility index (Phi) is 6.05. The maximum Gasteiger partial charge on any atom is 0.506 e. The van der Waals surface area contributed by atoms with Crippen molar-refractivity contribution < 1.29 is 24.1 Å². The first kappa shape index (κ1) is 19.4. The quantitative estimate of drug-likeness (QED) is 0.760. The number of para-hydroxylation sites is 4. The average Bonchev–Trinajstić information content (AvgIpc) is 2.72. The van der Waals surface area contributed by atoms with E-state index < -0.39 is 6.16 Å². The van der Waals surface area contributed by atoms with Gasteiger partial charge in [-0.3, -0.25) is 0 Å². The molecule has 2 aromatic rings. The lowest BCUT2D eigenvalue weighted by Gasteiger charge is -2.33. The summed E-state index contributed by atoms with van der Waals surface area (Å²) in [5.74, 6) is 1.63. The molecule has 0 amide bonds. The molecule has 0 unspecified atom stereocenters. The van der Waals surface area contributed by atoms with Crippen LogP contribution >= 0.6 is 0 Å². The molecule has 0 aromatic heterocycles. The van der Waals surface area contributed by atoms with E-state index in [4.69, 9.17) is 19.3 Å². The van der Waals surface area contributed by atoms with Gasteiger partial charge in [0.05, 0.1) is 11.4 Å². The van der Waals surface area contributed by atoms with Crippen molar-refractivity contribution in [1.82, 2.24) is 4.90 Å². The molecule has 29 heavy (non-hydrogen) atoms. The zero-order chi connectivity index (χ0) is 20.1. The SMILES string of the molecule is O=C(O)OC1CCN(CCCN2c3ccccc3OCOc3ccccc32)CC1. The number of hydrogen-bond acceptors (Lipinski definition) is 6. The first-order valence-corrected chi connectivity index (χ1v) is 10.0. The van der Waals surface area contributed by atoms with Gasteiger partial charge in [-0.25, -0.2) is 4.79 Å². The van der Waals surface area contributed by atoms with Gasteiger partial charge in [0.2, 0.25) is 6.79 Å². The minimum Gasteiger partial charge on any atom is -0.455 e. The fraction of sp³-hybridized carbons (Fsp3) is 0.409. The second-order valence-corrected chi connectivity index (χ2v) is 7.27. The molecule has 4 rings (SSSR count). The Balaban J connectivity index is 1.41. The largest absolute Gasteiger partial charge is 0.506 e. The maximum absolute atomic E-state index is 10.7. The van der Waals surface area contributed by atoms with E-state index in [1.54, 1.807) is 0 Å². The standard InChI is InChI=1S/C22H26N2O5/c25-22(26)29-17-10-14-23(15-11-17)12-5-13-24-18-6-1-3-8-20(18)27-16-28-21-9-4-2-7-19(21)24/h1-4,6-9,17H,5,10-16H2,(H,25,26). The number of anilines is 2. The lowest BCUT2D eigenvalue weighted by atomic mass is 10.1. The molecule has 1 N–H and O–H groups in total. The molecule has 0 aliphatic carbocycles. The third kappa shape index (κ3) is 4.74. The summed E-state index contributed by atoms with van der Waals surface area (Å²) in [6.45, 7) is 3.68. The van der Waals surface area contributed by atoms with Gasteiger partial charge in [-0.2, -0.15) is 0 Å². The summed E-state index contributed by atoms with van der Waals surface area (Å²) < 4.78 is 16.5. The summed E-state index contributed by atoms with van der Waals surface area (Å²) in [7, 11) is 0. The summed E-state index contributed by atoms with van der Waals surface area (Å²) in [4.78, 5) is 15.3. The molecule has 154 valence electrons. The predicted molar refractivity (Wildman–Crippen MR) is 109 cm³/mol. The van der Waals surface area contributed by atoms with Crippen molar-refractivity contribution in [3.8, 4) is 11.5 Å². The molecule has 0 saturated carbocycles. The van der Waals surface area contributed by atoms with E-state index in [1.165, 1.54) is 0 Å². The number of carbonyl (C=O) groups is 1. The van der Waals surface area contributed by atoms with Crippen LogP contribution in [0.1, 0.15) is 19.3 Å². The van der Waals surface area contributed by atoms with Gasteiger partial charge in [-0.15, -0.1) is 0 Å². The van der Waals surface area contributed by atoms with Crippen LogP contribution in [0.15, 0.2) is 48.5 Å². The van der Waals surface area contributed by atoms with Crippen molar-refractivity contribution >= 4 is 17.5 Å². The highest BCUT2D eigenvalue weighted by molar-refractivity contribution is 5.73. The van der Waals surface area contributed by atoms with Crippen LogP contribution < -0.4 is 14.4 Å². The molecular weight excluding hydrogens is 372 g/mol. The molecular formula is C22H26N2O5. The van der Waals surface area contributed by atoms with E-state index in [9.17, 15) is 4.79 Å². The van der Waals surface area contributed by atoms with Crippen LogP contribution in [-0.4, -0.2) is 55.2 Å². The number of rotatable bonds is 5. The molecule has 1 saturated heterocycles. The second-order valence-electron chi connectivity index (χ2n) is 7.27. The highest BCUT2D eigenvalue weighted by Gasteiger charge is 2.23. The topological polar surface area (TPSA) is 71.5 Å². The number of hydrogen-bond donors (Lipinski definition) is 1. The first-order chi connectivity index (χ1) is 14.2. The molecule has 0 bridgehead atoms. The number of likely N-dealkylation sites (tertiary alicyclic amines) is 1. The molecule has 2 heterocycles. The Labute approximate surface area is 170 Å². The molecule has 0 atom stereocenters. The Hall–Kier alpha value is -2.93.